The van der Waals surface area contributed by atoms with E-state index in [0.29, 0.717) is 30.9 Å². The van der Waals surface area contributed by atoms with Gasteiger partial charge in [0.2, 0.25) is 5.91 Å². The predicted molar refractivity (Wildman–Crippen MR) is 69.6 cm³/mol. The first kappa shape index (κ1) is 12.8. The highest BCUT2D eigenvalue weighted by atomic mass is 19.1. The molecule has 1 aliphatic carbocycles. The third kappa shape index (κ3) is 3.69. The van der Waals surface area contributed by atoms with E-state index in [4.69, 9.17) is 0 Å². The number of hydrogen-bond donors (Lipinski definition) is 1. The second-order valence-electron chi connectivity index (χ2n) is 4.66. The molecule has 0 aromatic heterocycles. The molecule has 0 aliphatic heterocycles. The molecule has 0 bridgehead atoms. The molecule has 0 saturated heterocycles. The van der Waals surface area contributed by atoms with Crippen molar-refractivity contribution in [3.63, 3.8) is 0 Å². The Morgan fingerprint density at radius 1 is 1.39 bits per heavy atom. The molecule has 1 amide bonds. The lowest BCUT2D eigenvalue weighted by Gasteiger charge is -2.09. The van der Waals surface area contributed by atoms with E-state index in [1.54, 1.807) is 12.1 Å². The van der Waals surface area contributed by atoms with Gasteiger partial charge in [-0.2, -0.15) is 0 Å². The van der Waals surface area contributed by atoms with Crippen LogP contribution in [0.25, 0.3) is 0 Å². The molecule has 1 aliphatic rings. The van der Waals surface area contributed by atoms with E-state index in [1.165, 1.54) is 6.07 Å². The van der Waals surface area contributed by atoms with Crippen LogP contribution in [0, 0.1) is 11.7 Å². The number of amides is 1. The van der Waals surface area contributed by atoms with Crippen molar-refractivity contribution < 1.29 is 9.18 Å². The molecule has 1 aromatic carbocycles. The van der Waals surface area contributed by atoms with E-state index in [0.717, 1.165) is 12.8 Å². The molecule has 96 valence electrons. The number of nitrogens with one attached hydrogen (secondary N) is 1. The number of hydrogen-bond acceptors (Lipinski definition) is 1. The van der Waals surface area contributed by atoms with Crippen LogP contribution in [-0.4, -0.2) is 12.5 Å². The van der Waals surface area contributed by atoms with Gasteiger partial charge in [0.1, 0.15) is 5.82 Å². The first-order valence-electron chi connectivity index (χ1n) is 6.42. The molecular weight excluding hydrogens is 229 g/mol. The molecule has 2 rings (SSSR count). The fraction of sp³-hybridized carbons (Fsp3) is 0.400. The van der Waals surface area contributed by atoms with Gasteiger partial charge in [-0.1, -0.05) is 30.4 Å². The van der Waals surface area contributed by atoms with Crippen LogP contribution >= 0.6 is 0 Å². The lowest BCUT2D eigenvalue weighted by molar-refractivity contribution is -0.121. The maximum absolute atomic E-state index is 13.3. The summed E-state index contributed by atoms with van der Waals surface area (Å²) in [7, 11) is 0. The molecule has 2 nitrogen and oxygen atoms in total. The fourth-order valence-electron chi connectivity index (χ4n) is 2.21. The quantitative estimate of drug-likeness (QED) is 0.796. The summed E-state index contributed by atoms with van der Waals surface area (Å²) >= 11 is 0. The highest BCUT2D eigenvalue weighted by molar-refractivity contribution is 5.76. The Bertz CT molecular complexity index is 442. The van der Waals surface area contributed by atoms with Crippen molar-refractivity contribution in [1.29, 1.82) is 0 Å². The zero-order valence-corrected chi connectivity index (χ0v) is 10.4. The van der Waals surface area contributed by atoms with Crippen LogP contribution in [0.15, 0.2) is 36.4 Å². The highest BCUT2D eigenvalue weighted by Crippen LogP contribution is 2.19. The third-order valence-corrected chi connectivity index (χ3v) is 3.23. The summed E-state index contributed by atoms with van der Waals surface area (Å²) in [6.07, 6.45) is 7.47. The molecule has 0 unspecified atom stereocenters. The van der Waals surface area contributed by atoms with Crippen molar-refractivity contribution in [3.8, 4) is 0 Å². The Balaban J connectivity index is 1.70. The topological polar surface area (TPSA) is 29.1 Å². The lowest BCUT2D eigenvalue weighted by Crippen LogP contribution is -2.27. The summed E-state index contributed by atoms with van der Waals surface area (Å²) in [4.78, 5) is 11.6. The van der Waals surface area contributed by atoms with E-state index in [-0.39, 0.29) is 11.7 Å². The average Bonchev–Trinajstić information content (AvgIpc) is 2.84. The molecule has 1 N–H and O–H groups in total. The van der Waals surface area contributed by atoms with E-state index < -0.39 is 0 Å². The van der Waals surface area contributed by atoms with Crippen LogP contribution in [0.4, 0.5) is 4.39 Å². The van der Waals surface area contributed by atoms with Crippen LogP contribution in [0.1, 0.15) is 24.8 Å². The molecule has 0 spiro atoms. The van der Waals surface area contributed by atoms with Crippen molar-refractivity contribution in [2.24, 2.45) is 5.92 Å². The monoisotopic (exact) mass is 247 g/mol. The SMILES string of the molecule is O=C(C[C@@H]1C=CCC1)NCCc1ccccc1F. The van der Waals surface area contributed by atoms with Gasteiger partial charge in [-0.3, -0.25) is 4.79 Å². The van der Waals surface area contributed by atoms with E-state index in [9.17, 15) is 9.18 Å². The second-order valence-corrected chi connectivity index (χ2v) is 4.66. The van der Waals surface area contributed by atoms with Gasteiger partial charge in [-0.05, 0) is 36.8 Å². The Kier molecular flexibility index (Phi) is 4.51. The average molecular weight is 247 g/mol. The maximum Gasteiger partial charge on any atom is 0.220 e. The zero-order chi connectivity index (χ0) is 12.8. The Morgan fingerprint density at radius 2 is 2.22 bits per heavy atom. The van der Waals surface area contributed by atoms with Crippen LogP contribution in [0.5, 0.6) is 0 Å². The molecule has 0 fully saturated rings. The van der Waals surface area contributed by atoms with Gasteiger partial charge in [0.15, 0.2) is 0 Å². The van der Waals surface area contributed by atoms with Crippen molar-refractivity contribution >= 4 is 5.91 Å². The van der Waals surface area contributed by atoms with Gasteiger partial charge in [0.05, 0.1) is 0 Å². The van der Waals surface area contributed by atoms with Crippen LogP contribution in [-0.2, 0) is 11.2 Å². The predicted octanol–water partition coefficient (Wildman–Crippen LogP) is 2.84. The molecular formula is C15H18FNO. The fourth-order valence-corrected chi connectivity index (χ4v) is 2.21. The first-order valence-corrected chi connectivity index (χ1v) is 6.42. The summed E-state index contributed by atoms with van der Waals surface area (Å²) in [5, 5.41) is 2.85. The van der Waals surface area contributed by atoms with Gasteiger partial charge in [0.25, 0.3) is 0 Å². The minimum absolute atomic E-state index is 0.0582. The maximum atomic E-state index is 13.3. The molecule has 1 atom stereocenters. The van der Waals surface area contributed by atoms with Crippen LogP contribution < -0.4 is 5.32 Å². The third-order valence-electron chi connectivity index (χ3n) is 3.23. The number of carbonyl (C=O) groups excluding carboxylic acids is 1. The smallest absolute Gasteiger partial charge is 0.220 e. The second kappa shape index (κ2) is 6.34. The van der Waals surface area contributed by atoms with Gasteiger partial charge in [-0.25, -0.2) is 4.39 Å². The number of allylic oxidation sites excluding steroid dienone is 2. The largest absolute Gasteiger partial charge is 0.356 e. The summed E-state index contributed by atoms with van der Waals surface area (Å²) in [5.74, 6) is 0.242. The lowest BCUT2D eigenvalue weighted by atomic mass is 10.0. The van der Waals surface area contributed by atoms with Crippen molar-refractivity contribution in [2.75, 3.05) is 6.54 Å². The van der Waals surface area contributed by atoms with Gasteiger partial charge in [0, 0.05) is 13.0 Å². The number of halogens is 1. The standard InChI is InChI=1S/C15H18FNO/c16-14-8-4-3-7-13(14)9-10-17-15(18)11-12-5-1-2-6-12/h1,3-5,7-8,12H,2,6,9-11H2,(H,17,18)/t12-/m1/s1. The summed E-state index contributed by atoms with van der Waals surface area (Å²) < 4.78 is 13.3. The number of rotatable bonds is 5. The van der Waals surface area contributed by atoms with E-state index >= 15 is 0 Å². The summed E-state index contributed by atoms with van der Waals surface area (Å²) in [6.45, 7) is 0.496. The van der Waals surface area contributed by atoms with Crippen molar-refractivity contribution in [3.05, 3.63) is 47.8 Å². The Morgan fingerprint density at radius 3 is 2.94 bits per heavy atom. The molecule has 0 heterocycles. The first-order chi connectivity index (χ1) is 8.75. The molecule has 3 heteroatoms. The molecule has 0 radical (unpaired) electrons. The van der Waals surface area contributed by atoms with Gasteiger partial charge >= 0.3 is 0 Å². The Labute approximate surface area is 107 Å². The van der Waals surface area contributed by atoms with Crippen LogP contribution in [0.2, 0.25) is 0 Å². The van der Waals surface area contributed by atoms with Crippen molar-refractivity contribution in [1.82, 2.24) is 5.32 Å². The van der Waals surface area contributed by atoms with E-state index in [2.05, 4.69) is 17.5 Å². The molecule has 1 aromatic rings. The summed E-state index contributed by atoms with van der Waals surface area (Å²) in [6, 6.07) is 6.68. The van der Waals surface area contributed by atoms with E-state index in [1.807, 2.05) is 6.07 Å². The normalized spacial score (nSPS) is 17.9. The molecule has 0 saturated carbocycles. The van der Waals surface area contributed by atoms with Crippen LogP contribution in [0.3, 0.4) is 0 Å². The highest BCUT2D eigenvalue weighted by Gasteiger charge is 2.13. The van der Waals surface area contributed by atoms with Crippen molar-refractivity contribution in [2.45, 2.75) is 25.7 Å². The van der Waals surface area contributed by atoms with Gasteiger partial charge < -0.3 is 5.32 Å². The number of carbonyl (C=O) groups is 1. The zero-order valence-electron chi connectivity index (χ0n) is 10.4. The minimum Gasteiger partial charge on any atom is -0.356 e. The molecule has 18 heavy (non-hydrogen) atoms. The Hall–Kier alpha value is -1.64. The summed E-state index contributed by atoms with van der Waals surface area (Å²) in [5.41, 5.74) is 0.651. The number of benzene rings is 1. The van der Waals surface area contributed by atoms with Gasteiger partial charge in [-0.15, -0.1) is 0 Å². The minimum atomic E-state index is -0.203.